The number of guanidine groups is 1. The Kier molecular flexibility index (Phi) is 5.76. The van der Waals surface area contributed by atoms with Crippen molar-refractivity contribution in [3.8, 4) is 5.75 Å². The van der Waals surface area contributed by atoms with Crippen LogP contribution >= 0.6 is 23.2 Å². The van der Waals surface area contributed by atoms with Gasteiger partial charge in [-0.15, -0.1) is 0 Å². The van der Waals surface area contributed by atoms with Gasteiger partial charge in [0, 0.05) is 32.8 Å². The van der Waals surface area contributed by atoms with Crippen LogP contribution in [0.3, 0.4) is 0 Å². The van der Waals surface area contributed by atoms with E-state index >= 15 is 0 Å². The summed E-state index contributed by atoms with van der Waals surface area (Å²) in [6.45, 7) is 2.19. The Labute approximate surface area is 158 Å². The Morgan fingerprint density at radius 1 is 1.28 bits per heavy atom. The standard InChI is InChI=1S/C18H22Cl2N4O/c1-21-18(23-11-14-10-15(19)17(20)24(14)2)22-7-5-12-3-4-16-13(9-12)6-8-25-16/h3-4,9-10H,5-8,11H2,1-2H3,(H2,21,22,23). The van der Waals surface area contributed by atoms with E-state index in [9.17, 15) is 0 Å². The molecule has 0 amide bonds. The minimum Gasteiger partial charge on any atom is -0.493 e. The third-order valence-corrected chi connectivity index (χ3v) is 5.18. The molecule has 0 unspecified atom stereocenters. The third kappa shape index (κ3) is 4.22. The van der Waals surface area contributed by atoms with Gasteiger partial charge in [0.25, 0.3) is 0 Å². The molecule has 3 rings (SSSR count). The highest BCUT2D eigenvalue weighted by molar-refractivity contribution is 6.41. The molecule has 0 fully saturated rings. The van der Waals surface area contributed by atoms with Crippen molar-refractivity contribution in [2.24, 2.45) is 12.0 Å². The van der Waals surface area contributed by atoms with Crippen molar-refractivity contribution in [3.05, 3.63) is 51.3 Å². The molecule has 0 atom stereocenters. The second kappa shape index (κ2) is 8.02. The normalized spacial score (nSPS) is 13.5. The van der Waals surface area contributed by atoms with Crippen molar-refractivity contribution >= 4 is 29.2 Å². The summed E-state index contributed by atoms with van der Waals surface area (Å²) in [5.41, 5.74) is 3.60. The number of aromatic nitrogens is 1. The van der Waals surface area contributed by atoms with Gasteiger partial charge in [0.2, 0.25) is 0 Å². The van der Waals surface area contributed by atoms with Gasteiger partial charge in [-0.25, -0.2) is 0 Å². The van der Waals surface area contributed by atoms with E-state index in [1.54, 1.807) is 7.05 Å². The largest absolute Gasteiger partial charge is 0.493 e. The molecular formula is C18H22Cl2N4O. The summed E-state index contributed by atoms with van der Waals surface area (Å²) in [5, 5.41) is 7.71. The summed E-state index contributed by atoms with van der Waals surface area (Å²) in [4.78, 5) is 4.25. The Morgan fingerprint density at radius 2 is 2.12 bits per heavy atom. The van der Waals surface area contributed by atoms with E-state index in [1.807, 2.05) is 17.7 Å². The fourth-order valence-electron chi connectivity index (χ4n) is 2.87. The highest BCUT2D eigenvalue weighted by Gasteiger charge is 2.12. The molecule has 2 heterocycles. The lowest BCUT2D eigenvalue weighted by Gasteiger charge is -2.13. The van der Waals surface area contributed by atoms with Gasteiger partial charge in [0.1, 0.15) is 10.9 Å². The van der Waals surface area contributed by atoms with E-state index < -0.39 is 0 Å². The van der Waals surface area contributed by atoms with Crippen LogP contribution < -0.4 is 15.4 Å². The molecule has 2 aromatic rings. The lowest BCUT2D eigenvalue weighted by Crippen LogP contribution is -2.38. The Bertz CT molecular complexity index is 786. The van der Waals surface area contributed by atoms with Gasteiger partial charge in [-0.05, 0) is 29.7 Å². The van der Waals surface area contributed by atoms with Gasteiger partial charge in [0.05, 0.1) is 18.2 Å². The number of benzene rings is 1. The van der Waals surface area contributed by atoms with Crippen LogP contribution in [0, 0.1) is 0 Å². The van der Waals surface area contributed by atoms with Gasteiger partial charge in [-0.1, -0.05) is 35.3 Å². The zero-order valence-electron chi connectivity index (χ0n) is 14.4. The fraction of sp³-hybridized carbons (Fsp3) is 0.389. The first-order valence-electron chi connectivity index (χ1n) is 8.27. The monoisotopic (exact) mass is 380 g/mol. The lowest BCUT2D eigenvalue weighted by molar-refractivity contribution is 0.357. The molecule has 1 aliphatic rings. The highest BCUT2D eigenvalue weighted by Crippen LogP contribution is 2.26. The SMILES string of the molecule is CN=C(NCCc1ccc2c(c1)CCO2)NCc1cc(Cl)c(Cl)n1C. The number of halogens is 2. The number of hydrogen-bond donors (Lipinski definition) is 2. The molecule has 2 N–H and O–H groups in total. The second-order valence-electron chi connectivity index (χ2n) is 5.98. The first kappa shape index (κ1) is 18.0. The summed E-state index contributed by atoms with van der Waals surface area (Å²) in [5.74, 6) is 1.77. The summed E-state index contributed by atoms with van der Waals surface area (Å²) in [7, 11) is 3.64. The molecule has 0 aliphatic carbocycles. The number of hydrogen-bond acceptors (Lipinski definition) is 2. The average molecular weight is 381 g/mol. The molecule has 1 aliphatic heterocycles. The maximum Gasteiger partial charge on any atom is 0.191 e. The Morgan fingerprint density at radius 3 is 2.84 bits per heavy atom. The van der Waals surface area contributed by atoms with Crippen LogP contribution in [0.15, 0.2) is 29.3 Å². The van der Waals surface area contributed by atoms with Crippen LogP contribution in [-0.4, -0.2) is 30.7 Å². The number of aliphatic imine (C=N–C) groups is 1. The molecule has 0 saturated carbocycles. The Balaban J connectivity index is 1.48. The van der Waals surface area contributed by atoms with E-state index in [-0.39, 0.29) is 0 Å². The maximum absolute atomic E-state index is 6.09. The molecule has 1 aromatic carbocycles. The summed E-state index contributed by atoms with van der Waals surface area (Å²) in [6.07, 6.45) is 1.93. The van der Waals surface area contributed by atoms with Crippen molar-refractivity contribution in [2.75, 3.05) is 20.2 Å². The van der Waals surface area contributed by atoms with Crippen molar-refractivity contribution in [2.45, 2.75) is 19.4 Å². The maximum atomic E-state index is 6.09. The second-order valence-corrected chi connectivity index (χ2v) is 6.74. The van der Waals surface area contributed by atoms with Gasteiger partial charge in [-0.2, -0.15) is 0 Å². The zero-order valence-corrected chi connectivity index (χ0v) is 15.9. The predicted molar refractivity (Wildman–Crippen MR) is 103 cm³/mol. The van der Waals surface area contributed by atoms with Gasteiger partial charge in [0.15, 0.2) is 5.96 Å². The topological polar surface area (TPSA) is 50.6 Å². The first-order chi connectivity index (χ1) is 12.1. The summed E-state index contributed by atoms with van der Waals surface area (Å²) in [6, 6.07) is 8.27. The van der Waals surface area contributed by atoms with Crippen LogP contribution in [-0.2, 0) is 26.4 Å². The van der Waals surface area contributed by atoms with E-state index in [1.165, 1.54) is 11.1 Å². The minimum absolute atomic E-state index is 0.544. The van der Waals surface area contributed by atoms with Gasteiger partial charge < -0.3 is 19.9 Å². The number of nitrogens with one attached hydrogen (secondary N) is 2. The van der Waals surface area contributed by atoms with Gasteiger partial charge >= 0.3 is 0 Å². The zero-order chi connectivity index (χ0) is 17.8. The van der Waals surface area contributed by atoms with Crippen molar-refractivity contribution in [3.63, 3.8) is 0 Å². The number of ether oxygens (including phenoxy) is 1. The molecule has 25 heavy (non-hydrogen) atoms. The van der Waals surface area contributed by atoms with Crippen LogP contribution in [0.1, 0.15) is 16.8 Å². The van der Waals surface area contributed by atoms with Crippen molar-refractivity contribution in [1.29, 1.82) is 0 Å². The Hall–Kier alpha value is -1.85. The van der Waals surface area contributed by atoms with E-state index in [2.05, 4.69) is 33.8 Å². The molecule has 5 nitrogen and oxygen atoms in total. The summed E-state index contributed by atoms with van der Waals surface area (Å²) < 4.78 is 7.40. The minimum atomic E-state index is 0.544. The van der Waals surface area contributed by atoms with Crippen LogP contribution in [0.5, 0.6) is 5.75 Å². The van der Waals surface area contributed by atoms with Crippen LogP contribution in [0.2, 0.25) is 10.2 Å². The number of rotatable bonds is 5. The molecule has 0 saturated heterocycles. The van der Waals surface area contributed by atoms with E-state index in [4.69, 9.17) is 27.9 Å². The molecular weight excluding hydrogens is 359 g/mol. The molecule has 1 aromatic heterocycles. The number of fused-ring (bicyclic) bond motifs is 1. The molecule has 0 bridgehead atoms. The fourth-order valence-corrected chi connectivity index (χ4v) is 3.29. The first-order valence-corrected chi connectivity index (χ1v) is 9.03. The molecule has 134 valence electrons. The number of nitrogens with zero attached hydrogens (tertiary/aromatic N) is 2. The van der Waals surface area contributed by atoms with Crippen LogP contribution in [0.4, 0.5) is 0 Å². The van der Waals surface area contributed by atoms with Crippen molar-refractivity contribution < 1.29 is 4.74 Å². The average Bonchev–Trinajstić information content (AvgIpc) is 3.18. The van der Waals surface area contributed by atoms with E-state index in [0.717, 1.165) is 43.4 Å². The predicted octanol–water partition coefficient (Wildman–Crippen LogP) is 3.17. The van der Waals surface area contributed by atoms with E-state index in [0.29, 0.717) is 16.7 Å². The third-order valence-electron chi connectivity index (χ3n) is 4.34. The molecule has 0 spiro atoms. The highest BCUT2D eigenvalue weighted by atomic mass is 35.5. The molecule has 7 heteroatoms. The quantitative estimate of drug-likeness (QED) is 0.618. The van der Waals surface area contributed by atoms with Gasteiger partial charge in [-0.3, -0.25) is 4.99 Å². The molecule has 0 radical (unpaired) electrons. The lowest BCUT2D eigenvalue weighted by atomic mass is 10.1. The van der Waals surface area contributed by atoms with Crippen LogP contribution in [0.25, 0.3) is 0 Å². The smallest absolute Gasteiger partial charge is 0.191 e. The van der Waals surface area contributed by atoms with Crippen molar-refractivity contribution in [1.82, 2.24) is 15.2 Å². The summed E-state index contributed by atoms with van der Waals surface area (Å²) >= 11 is 12.1.